The van der Waals surface area contributed by atoms with Crippen LogP contribution in [0, 0.1) is 0 Å². The van der Waals surface area contributed by atoms with Crippen molar-refractivity contribution in [3.8, 4) is 0 Å². The van der Waals surface area contributed by atoms with E-state index in [1.807, 2.05) is 0 Å². The molecule has 0 bridgehead atoms. The summed E-state index contributed by atoms with van der Waals surface area (Å²) in [7, 11) is 0. The monoisotopic (exact) mass is 417 g/mol. The molecule has 29 heavy (non-hydrogen) atoms. The van der Waals surface area contributed by atoms with Crippen LogP contribution in [0.4, 0.5) is 0 Å². The van der Waals surface area contributed by atoms with Crippen LogP contribution in [0.15, 0.2) is 36.4 Å². The summed E-state index contributed by atoms with van der Waals surface area (Å²) in [6.07, 6.45) is 0. The number of hydrogen-bond donors (Lipinski definition) is 4. The van der Waals surface area contributed by atoms with Gasteiger partial charge in [-0.15, -0.1) is 0 Å². The summed E-state index contributed by atoms with van der Waals surface area (Å²) in [5, 5.41) is 39.2. The maximum Gasteiger partial charge on any atom is 0.337 e. The van der Waals surface area contributed by atoms with E-state index in [4.69, 9.17) is 0 Å². The zero-order valence-corrected chi connectivity index (χ0v) is 18.0. The molecule has 8 nitrogen and oxygen atoms in total. The second-order valence-corrected chi connectivity index (χ2v) is 6.21. The number of carboxylic acids is 4. The zero-order chi connectivity index (χ0) is 20.3. The molecular formula is C20H10KO8. The summed E-state index contributed by atoms with van der Waals surface area (Å²) in [5.41, 5.74) is -1.56. The first kappa shape index (κ1) is 21.2. The molecule has 0 heterocycles. The molecule has 0 atom stereocenters. The number of carboxylic acid groups (broad SMARTS) is 4. The number of rotatable bonds is 4. The normalized spacial score (nSPS) is 10.9. The number of hydrogen-bond acceptors (Lipinski definition) is 4. The fourth-order valence-electron chi connectivity index (χ4n) is 3.82. The standard InChI is InChI=1S/C20H10O8.K/c21-17(22)10-5-4-9-14-12-7(6-11(13(10)14)18(23)24)2-1-3-8(12)15(19(25)26)16(9)20(27)28;/h1-6H,(H,21,22)(H,23,24)(H,25,26)(H,27,28);. The Morgan fingerprint density at radius 2 is 1.14 bits per heavy atom. The van der Waals surface area contributed by atoms with Gasteiger partial charge in [0.25, 0.3) is 0 Å². The summed E-state index contributed by atoms with van der Waals surface area (Å²) < 4.78 is 0. The second kappa shape index (κ2) is 7.36. The van der Waals surface area contributed by atoms with Crippen LogP contribution in [-0.2, 0) is 0 Å². The molecule has 1 radical (unpaired) electrons. The van der Waals surface area contributed by atoms with Crippen LogP contribution in [0.2, 0.25) is 0 Å². The van der Waals surface area contributed by atoms with Crippen molar-refractivity contribution in [2.24, 2.45) is 0 Å². The van der Waals surface area contributed by atoms with E-state index < -0.39 is 35.0 Å². The molecule has 0 saturated heterocycles. The van der Waals surface area contributed by atoms with Crippen LogP contribution >= 0.6 is 0 Å². The van der Waals surface area contributed by atoms with Gasteiger partial charge in [-0.3, -0.25) is 0 Å². The van der Waals surface area contributed by atoms with Gasteiger partial charge in [0.2, 0.25) is 0 Å². The summed E-state index contributed by atoms with van der Waals surface area (Å²) in [6, 6.07) is 8.04. The maximum absolute atomic E-state index is 11.9. The van der Waals surface area contributed by atoms with E-state index in [1.54, 1.807) is 6.07 Å². The van der Waals surface area contributed by atoms with Crippen molar-refractivity contribution in [3.05, 3.63) is 58.7 Å². The van der Waals surface area contributed by atoms with Crippen molar-refractivity contribution in [2.75, 3.05) is 0 Å². The number of carbonyl (C=O) groups is 4. The number of benzene rings is 4. The molecule has 0 fully saturated rings. The van der Waals surface area contributed by atoms with Gasteiger partial charge in [0.15, 0.2) is 0 Å². The van der Waals surface area contributed by atoms with E-state index in [0.29, 0.717) is 10.8 Å². The minimum atomic E-state index is -1.51. The van der Waals surface area contributed by atoms with Gasteiger partial charge in [0, 0.05) is 56.8 Å². The predicted molar refractivity (Wildman–Crippen MR) is 104 cm³/mol. The molecule has 0 aromatic heterocycles. The van der Waals surface area contributed by atoms with Crippen LogP contribution in [-0.4, -0.2) is 95.7 Å². The van der Waals surface area contributed by atoms with Crippen molar-refractivity contribution in [1.29, 1.82) is 0 Å². The van der Waals surface area contributed by atoms with E-state index in [0.717, 1.165) is 6.07 Å². The molecule has 0 aliphatic carbocycles. The molecule has 0 spiro atoms. The molecule has 139 valence electrons. The molecule has 0 aliphatic rings. The molecule has 4 aromatic carbocycles. The molecule has 0 saturated carbocycles. The summed E-state index contributed by atoms with van der Waals surface area (Å²) >= 11 is 0. The van der Waals surface area contributed by atoms with Crippen LogP contribution in [0.25, 0.3) is 32.3 Å². The van der Waals surface area contributed by atoms with Gasteiger partial charge in [-0.1, -0.05) is 24.3 Å². The van der Waals surface area contributed by atoms with Gasteiger partial charge >= 0.3 is 23.9 Å². The third-order valence-electron chi connectivity index (χ3n) is 4.80. The molecular weight excluding hydrogens is 407 g/mol. The molecule has 0 unspecified atom stereocenters. The van der Waals surface area contributed by atoms with E-state index in [2.05, 4.69) is 0 Å². The van der Waals surface area contributed by atoms with E-state index >= 15 is 0 Å². The summed E-state index contributed by atoms with van der Waals surface area (Å²) in [4.78, 5) is 47.3. The van der Waals surface area contributed by atoms with E-state index in [-0.39, 0.29) is 84.1 Å². The Morgan fingerprint density at radius 3 is 1.66 bits per heavy atom. The Labute approximate surface area is 204 Å². The predicted octanol–water partition coefficient (Wildman–Crippen LogP) is 3.00. The van der Waals surface area contributed by atoms with Crippen molar-refractivity contribution in [2.45, 2.75) is 0 Å². The SMILES string of the molecule is O=C(O)c1c(C(=O)O)c2ccc(C(=O)O)c3c(C(=O)O)cc4cccc1c4c23.[K]. The van der Waals surface area contributed by atoms with Crippen molar-refractivity contribution < 1.29 is 39.6 Å². The van der Waals surface area contributed by atoms with Gasteiger partial charge in [0.05, 0.1) is 22.3 Å². The minimum absolute atomic E-state index is 0. The Hall–Kier alpha value is -2.56. The van der Waals surface area contributed by atoms with Crippen molar-refractivity contribution in [1.82, 2.24) is 0 Å². The first-order chi connectivity index (χ1) is 13.2. The maximum atomic E-state index is 11.9. The van der Waals surface area contributed by atoms with Gasteiger partial charge < -0.3 is 20.4 Å². The molecule has 4 N–H and O–H groups in total. The molecule has 4 rings (SSSR count). The van der Waals surface area contributed by atoms with Crippen molar-refractivity contribution in [3.63, 3.8) is 0 Å². The third-order valence-corrected chi connectivity index (χ3v) is 4.80. The van der Waals surface area contributed by atoms with Gasteiger partial charge in [0.1, 0.15) is 0 Å². The second-order valence-electron chi connectivity index (χ2n) is 6.21. The largest absolute Gasteiger partial charge is 0.478 e. The Morgan fingerprint density at radius 1 is 0.586 bits per heavy atom. The first-order valence-corrected chi connectivity index (χ1v) is 7.94. The summed E-state index contributed by atoms with van der Waals surface area (Å²) in [5.74, 6) is -5.72. The quantitative estimate of drug-likeness (QED) is 0.292. The average molecular weight is 417 g/mol. The van der Waals surface area contributed by atoms with Gasteiger partial charge in [-0.25, -0.2) is 19.2 Å². The Bertz CT molecular complexity index is 1370. The van der Waals surface area contributed by atoms with Gasteiger partial charge in [-0.2, -0.15) is 0 Å². The van der Waals surface area contributed by atoms with E-state index in [9.17, 15) is 39.6 Å². The van der Waals surface area contributed by atoms with Crippen molar-refractivity contribution >= 4 is 108 Å². The Kier molecular flexibility index (Phi) is 5.37. The van der Waals surface area contributed by atoms with E-state index in [1.165, 1.54) is 24.3 Å². The minimum Gasteiger partial charge on any atom is -0.478 e. The molecule has 0 aliphatic heterocycles. The topological polar surface area (TPSA) is 149 Å². The van der Waals surface area contributed by atoms with Gasteiger partial charge in [-0.05, 0) is 39.1 Å². The molecule has 0 amide bonds. The smallest absolute Gasteiger partial charge is 0.337 e. The fourth-order valence-corrected chi connectivity index (χ4v) is 3.82. The van der Waals surface area contributed by atoms with Crippen LogP contribution in [0.1, 0.15) is 41.4 Å². The van der Waals surface area contributed by atoms with Crippen LogP contribution in [0.3, 0.4) is 0 Å². The molecule has 4 aromatic rings. The van der Waals surface area contributed by atoms with Crippen LogP contribution in [0.5, 0.6) is 0 Å². The Balaban J connectivity index is 0.00000240. The first-order valence-electron chi connectivity index (χ1n) is 7.94. The molecule has 9 heteroatoms. The third kappa shape index (κ3) is 2.98. The van der Waals surface area contributed by atoms with Crippen LogP contribution < -0.4 is 0 Å². The average Bonchev–Trinajstić information content (AvgIpc) is 2.63. The zero-order valence-electron chi connectivity index (χ0n) is 14.9. The fraction of sp³-hybridized carbons (Fsp3) is 0. The number of aromatic carboxylic acids is 4. The summed E-state index contributed by atoms with van der Waals surface area (Å²) in [6.45, 7) is 0.